The van der Waals surface area contributed by atoms with E-state index in [1.54, 1.807) is 0 Å². The number of methoxy groups -OCH3 is 1. The lowest BCUT2D eigenvalue weighted by Gasteiger charge is -2.02. The molecule has 17 heavy (non-hydrogen) atoms. The number of benzene rings is 1. The molecule has 88 valence electrons. The van der Waals surface area contributed by atoms with Crippen molar-refractivity contribution in [3.8, 4) is 5.88 Å². The van der Waals surface area contributed by atoms with Crippen molar-refractivity contribution in [3.63, 3.8) is 0 Å². The minimum atomic E-state index is -0.454. The van der Waals surface area contributed by atoms with Gasteiger partial charge in [0, 0.05) is 6.07 Å². The molecule has 0 bridgehead atoms. The van der Waals surface area contributed by atoms with Crippen molar-refractivity contribution in [2.24, 2.45) is 0 Å². The van der Waals surface area contributed by atoms with E-state index >= 15 is 0 Å². The number of carbonyl (C=O) groups is 1. The van der Waals surface area contributed by atoms with Gasteiger partial charge in [0.2, 0.25) is 5.88 Å². The van der Waals surface area contributed by atoms with Gasteiger partial charge in [-0.05, 0) is 5.56 Å². The number of carbonyl (C=O) groups excluding carboxylic acids is 1. The van der Waals surface area contributed by atoms with Crippen LogP contribution in [0.5, 0.6) is 5.88 Å². The Morgan fingerprint density at radius 2 is 2.12 bits per heavy atom. The Balaban J connectivity index is 1.93. The largest absolute Gasteiger partial charge is 0.480 e. The molecular weight excluding hydrogens is 220 g/mol. The number of ether oxygens (including phenoxy) is 2. The van der Waals surface area contributed by atoms with Crippen molar-refractivity contribution in [2.45, 2.75) is 6.61 Å². The number of H-pyrrole nitrogens is 1. The van der Waals surface area contributed by atoms with E-state index in [0.717, 1.165) is 5.56 Å². The molecule has 0 aliphatic rings. The van der Waals surface area contributed by atoms with Gasteiger partial charge in [0.1, 0.15) is 12.3 Å². The molecule has 2 rings (SSSR count). The highest BCUT2D eigenvalue weighted by atomic mass is 16.5. The second kappa shape index (κ2) is 5.16. The van der Waals surface area contributed by atoms with Crippen LogP contribution in [0.1, 0.15) is 16.1 Å². The zero-order valence-corrected chi connectivity index (χ0v) is 9.34. The fraction of sp³-hybridized carbons (Fsp3) is 0.167. The molecule has 0 saturated heterocycles. The van der Waals surface area contributed by atoms with Crippen molar-refractivity contribution in [1.82, 2.24) is 10.2 Å². The molecule has 1 N–H and O–H groups in total. The van der Waals surface area contributed by atoms with Gasteiger partial charge in [-0.15, -0.1) is 5.10 Å². The van der Waals surface area contributed by atoms with Crippen molar-refractivity contribution in [3.05, 3.63) is 47.7 Å². The topological polar surface area (TPSA) is 64.2 Å². The van der Waals surface area contributed by atoms with Gasteiger partial charge in [0.15, 0.2) is 0 Å². The number of aromatic amines is 1. The lowest BCUT2D eigenvalue weighted by atomic mass is 10.2. The lowest BCUT2D eigenvalue weighted by Crippen LogP contribution is -2.05. The van der Waals surface area contributed by atoms with Gasteiger partial charge < -0.3 is 9.47 Å². The first-order valence-electron chi connectivity index (χ1n) is 5.10. The normalized spacial score (nSPS) is 9.94. The number of nitrogens with zero attached hydrogens (tertiary/aromatic N) is 1. The van der Waals surface area contributed by atoms with Gasteiger partial charge in [-0.25, -0.2) is 4.79 Å². The fourth-order valence-electron chi connectivity index (χ4n) is 1.31. The van der Waals surface area contributed by atoms with Crippen LogP contribution in [0.3, 0.4) is 0 Å². The molecule has 5 nitrogen and oxygen atoms in total. The summed E-state index contributed by atoms with van der Waals surface area (Å²) in [6, 6.07) is 11.0. The lowest BCUT2D eigenvalue weighted by molar-refractivity contribution is 0.0465. The molecule has 0 amide bonds. The number of nitrogens with one attached hydrogen (secondary N) is 1. The monoisotopic (exact) mass is 232 g/mol. The molecule has 0 saturated carbocycles. The third kappa shape index (κ3) is 2.84. The Hall–Kier alpha value is -2.30. The molecule has 0 atom stereocenters. The molecule has 2 aromatic rings. The third-order valence-electron chi connectivity index (χ3n) is 2.20. The van der Waals surface area contributed by atoms with E-state index < -0.39 is 5.97 Å². The molecule has 0 aliphatic carbocycles. The quantitative estimate of drug-likeness (QED) is 0.816. The SMILES string of the molecule is COc1cc(C(=O)OCc2ccccc2)[nH]n1. The number of hydrogen-bond donors (Lipinski definition) is 1. The summed E-state index contributed by atoms with van der Waals surface area (Å²) >= 11 is 0. The highest BCUT2D eigenvalue weighted by Crippen LogP contribution is 2.09. The van der Waals surface area contributed by atoms with Crippen LogP contribution in [0.2, 0.25) is 0 Å². The van der Waals surface area contributed by atoms with E-state index in [0.29, 0.717) is 5.88 Å². The highest BCUT2D eigenvalue weighted by Gasteiger charge is 2.11. The zero-order chi connectivity index (χ0) is 12.1. The van der Waals surface area contributed by atoms with Crippen LogP contribution in [0.4, 0.5) is 0 Å². The predicted molar refractivity (Wildman–Crippen MR) is 60.7 cm³/mol. The van der Waals surface area contributed by atoms with E-state index in [4.69, 9.17) is 9.47 Å². The number of aromatic nitrogens is 2. The number of hydrogen-bond acceptors (Lipinski definition) is 4. The number of rotatable bonds is 4. The van der Waals surface area contributed by atoms with E-state index in [1.807, 2.05) is 30.3 Å². The molecular formula is C12H12N2O3. The molecule has 1 heterocycles. The fourth-order valence-corrected chi connectivity index (χ4v) is 1.31. The Kier molecular flexibility index (Phi) is 3.40. The van der Waals surface area contributed by atoms with Crippen LogP contribution in [-0.4, -0.2) is 23.3 Å². The van der Waals surface area contributed by atoms with E-state index in [9.17, 15) is 4.79 Å². The van der Waals surface area contributed by atoms with Crippen molar-refractivity contribution in [2.75, 3.05) is 7.11 Å². The summed E-state index contributed by atoms with van der Waals surface area (Å²) in [4.78, 5) is 11.6. The Labute approximate surface area is 98.4 Å². The van der Waals surface area contributed by atoms with Crippen LogP contribution in [0.25, 0.3) is 0 Å². The molecule has 0 spiro atoms. The molecule has 0 unspecified atom stereocenters. The second-order valence-electron chi connectivity index (χ2n) is 3.39. The zero-order valence-electron chi connectivity index (χ0n) is 9.34. The van der Waals surface area contributed by atoms with E-state index in [-0.39, 0.29) is 12.3 Å². The van der Waals surface area contributed by atoms with Crippen LogP contribution in [0.15, 0.2) is 36.4 Å². The van der Waals surface area contributed by atoms with Crippen molar-refractivity contribution in [1.29, 1.82) is 0 Å². The minimum absolute atomic E-state index is 0.237. The highest BCUT2D eigenvalue weighted by molar-refractivity contribution is 5.87. The summed E-state index contributed by atoms with van der Waals surface area (Å²) in [5, 5.41) is 6.31. The predicted octanol–water partition coefficient (Wildman–Crippen LogP) is 1.78. The average molecular weight is 232 g/mol. The molecule has 1 aromatic carbocycles. The smallest absolute Gasteiger partial charge is 0.356 e. The summed E-state index contributed by atoms with van der Waals surface area (Å²) in [5.74, 6) is -0.0960. The maximum absolute atomic E-state index is 11.6. The van der Waals surface area contributed by atoms with E-state index in [2.05, 4.69) is 10.2 Å². The Morgan fingerprint density at radius 1 is 1.35 bits per heavy atom. The van der Waals surface area contributed by atoms with Gasteiger partial charge in [0.25, 0.3) is 0 Å². The number of esters is 1. The van der Waals surface area contributed by atoms with Crippen LogP contribution >= 0.6 is 0 Å². The second-order valence-corrected chi connectivity index (χ2v) is 3.39. The van der Waals surface area contributed by atoms with Gasteiger partial charge in [-0.1, -0.05) is 30.3 Å². The first-order chi connectivity index (χ1) is 8.29. The Morgan fingerprint density at radius 3 is 2.76 bits per heavy atom. The van der Waals surface area contributed by atoms with E-state index in [1.165, 1.54) is 13.2 Å². The van der Waals surface area contributed by atoms with Crippen molar-refractivity contribution >= 4 is 5.97 Å². The van der Waals surface area contributed by atoms with Gasteiger partial charge >= 0.3 is 5.97 Å². The molecule has 0 aliphatic heterocycles. The first kappa shape index (κ1) is 11.2. The summed E-state index contributed by atoms with van der Waals surface area (Å²) in [6.07, 6.45) is 0. The maximum atomic E-state index is 11.6. The Bertz CT molecular complexity index is 493. The van der Waals surface area contributed by atoms with Gasteiger partial charge in [0.05, 0.1) is 7.11 Å². The summed E-state index contributed by atoms with van der Waals surface area (Å²) in [5.41, 5.74) is 1.21. The summed E-state index contributed by atoms with van der Waals surface area (Å²) in [6.45, 7) is 0.237. The van der Waals surface area contributed by atoms with Crippen molar-refractivity contribution < 1.29 is 14.3 Å². The van der Waals surface area contributed by atoms with Crippen LogP contribution in [0, 0.1) is 0 Å². The van der Waals surface area contributed by atoms with Crippen LogP contribution in [-0.2, 0) is 11.3 Å². The molecule has 5 heteroatoms. The minimum Gasteiger partial charge on any atom is -0.480 e. The summed E-state index contributed by atoms with van der Waals surface area (Å²) < 4.78 is 9.96. The molecule has 0 radical (unpaired) electrons. The summed E-state index contributed by atoms with van der Waals surface area (Å²) in [7, 11) is 1.48. The third-order valence-corrected chi connectivity index (χ3v) is 2.20. The molecule has 1 aromatic heterocycles. The van der Waals surface area contributed by atoms with Gasteiger partial charge in [-0.3, -0.25) is 5.10 Å². The van der Waals surface area contributed by atoms with Crippen LogP contribution < -0.4 is 4.74 Å². The molecule has 0 fully saturated rings. The first-order valence-corrected chi connectivity index (χ1v) is 5.10. The van der Waals surface area contributed by atoms with Gasteiger partial charge in [-0.2, -0.15) is 0 Å². The maximum Gasteiger partial charge on any atom is 0.356 e. The average Bonchev–Trinajstić information content (AvgIpc) is 2.86. The standard InChI is InChI=1S/C12H12N2O3/c1-16-11-7-10(13-14-11)12(15)17-8-9-5-3-2-4-6-9/h2-7H,8H2,1H3,(H,13,14).